The molecule has 0 atom stereocenters. The third-order valence-electron chi connectivity index (χ3n) is 3.78. The first-order valence-electron chi connectivity index (χ1n) is 6.72. The number of nitrogens with one attached hydrogen (secondary N) is 1. The zero-order valence-corrected chi connectivity index (χ0v) is 11.4. The quantitative estimate of drug-likeness (QED) is 0.773. The number of amides is 4. The molecule has 1 heterocycles. The Labute approximate surface area is 112 Å². The van der Waals surface area contributed by atoms with Crippen LogP contribution in [0.5, 0.6) is 0 Å². The van der Waals surface area contributed by atoms with Gasteiger partial charge in [-0.15, -0.1) is 0 Å². The minimum atomic E-state index is -1.19. The highest BCUT2D eigenvalue weighted by Gasteiger charge is 2.46. The molecule has 0 unspecified atom stereocenters. The summed E-state index contributed by atoms with van der Waals surface area (Å²) in [5.74, 6) is -1.01. The molecule has 4 amide bonds. The van der Waals surface area contributed by atoms with Crippen molar-refractivity contribution in [3.8, 4) is 0 Å². The highest BCUT2D eigenvalue weighted by molar-refractivity contribution is 6.18. The zero-order valence-electron chi connectivity index (χ0n) is 11.4. The van der Waals surface area contributed by atoms with Crippen LogP contribution in [-0.2, 0) is 14.3 Å². The van der Waals surface area contributed by atoms with Crippen LogP contribution < -0.4 is 5.32 Å². The van der Waals surface area contributed by atoms with Crippen LogP contribution in [0.15, 0.2) is 0 Å². The van der Waals surface area contributed by atoms with E-state index < -0.39 is 23.3 Å². The summed E-state index contributed by atoms with van der Waals surface area (Å²) in [4.78, 5) is 36.4. The summed E-state index contributed by atoms with van der Waals surface area (Å²) in [5.41, 5.74) is -1.19. The Hall–Kier alpha value is -1.43. The summed E-state index contributed by atoms with van der Waals surface area (Å²) < 4.78 is 5.64. The molecule has 0 aromatic heterocycles. The highest BCUT2D eigenvalue weighted by Crippen LogP contribution is 2.24. The van der Waals surface area contributed by atoms with E-state index in [1.165, 1.54) is 26.7 Å². The summed E-state index contributed by atoms with van der Waals surface area (Å²) in [7, 11) is 0. The molecule has 6 heteroatoms. The van der Waals surface area contributed by atoms with E-state index in [0.29, 0.717) is 6.61 Å². The maximum absolute atomic E-state index is 12.1. The van der Waals surface area contributed by atoms with Gasteiger partial charge in [-0.25, -0.2) is 4.79 Å². The fraction of sp³-hybridized carbons (Fsp3) is 0.769. The van der Waals surface area contributed by atoms with Crippen molar-refractivity contribution in [2.24, 2.45) is 5.41 Å². The minimum Gasteiger partial charge on any atom is -0.376 e. The normalized spacial score (nSPS) is 23.9. The van der Waals surface area contributed by atoms with E-state index in [9.17, 15) is 14.4 Å². The SMILES string of the molecule is CC1(C)C(=O)NC(=O)N(CCOC2CCCC2)C1=O. The van der Waals surface area contributed by atoms with Crippen LogP contribution in [0.2, 0.25) is 0 Å². The molecule has 2 aliphatic rings. The number of nitrogens with zero attached hydrogens (tertiary/aromatic N) is 1. The third-order valence-corrected chi connectivity index (χ3v) is 3.78. The van der Waals surface area contributed by atoms with E-state index in [1.54, 1.807) is 0 Å². The second-order valence-corrected chi connectivity index (χ2v) is 5.62. The number of hydrogen-bond acceptors (Lipinski definition) is 4. The molecule has 1 N–H and O–H groups in total. The molecule has 106 valence electrons. The molecule has 0 bridgehead atoms. The van der Waals surface area contributed by atoms with Crippen molar-refractivity contribution in [2.45, 2.75) is 45.6 Å². The smallest absolute Gasteiger partial charge is 0.330 e. The fourth-order valence-electron chi connectivity index (χ4n) is 2.42. The number of barbiturate groups is 1. The Morgan fingerprint density at radius 2 is 1.89 bits per heavy atom. The van der Waals surface area contributed by atoms with Crippen molar-refractivity contribution < 1.29 is 19.1 Å². The Balaban J connectivity index is 1.89. The van der Waals surface area contributed by atoms with Crippen molar-refractivity contribution >= 4 is 17.8 Å². The Bertz CT molecular complexity index is 399. The zero-order chi connectivity index (χ0) is 14.0. The molecule has 1 saturated carbocycles. The van der Waals surface area contributed by atoms with E-state index in [0.717, 1.165) is 17.7 Å². The van der Waals surface area contributed by atoms with Crippen molar-refractivity contribution in [3.63, 3.8) is 0 Å². The molecule has 0 radical (unpaired) electrons. The molecule has 0 aromatic rings. The Morgan fingerprint density at radius 1 is 1.26 bits per heavy atom. The van der Waals surface area contributed by atoms with E-state index in [-0.39, 0.29) is 12.6 Å². The topological polar surface area (TPSA) is 75.7 Å². The maximum Gasteiger partial charge on any atom is 0.330 e. The van der Waals surface area contributed by atoms with E-state index in [2.05, 4.69) is 5.32 Å². The number of hydrogen-bond donors (Lipinski definition) is 1. The van der Waals surface area contributed by atoms with Crippen LogP contribution in [0.4, 0.5) is 4.79 Å². The lowest BCUT2D eigenvalue weighted by Gasteiger charge is -2.34. The lowest BCUT2D eigenvalue weighted by atomic mass is 9.89. The van der Waals surface area contributed by atoms with Crippen LogP contribution in [-0.4, -0.2) is 42.0 Å². The first kappa shape index (κ1) is 14.0. The number of ether oxygens (including phenoxy) is 1. The van der Waals surface area contributed by atoms with Gasteiger partial charge in [-0.3, -0.25) is 19.8 Å². The summed E-state index contributed by atoms with van der Waals surface area (Å²) in [6.45, 7) is 3.55. The highest BCUT2D eigenvalue weighted by atomic mass is 16.5. The van der Waals surface area contributed by atoms with Crippen molar-refractivity contribution in [1.29, 1.82) is 0 Å². The third kappa shape index (κ3) is 2.78. The van der Waals surface area contributed by atoms with Gasteiger partial charge >= 0.3 is 6.03 Å². The molecule has 2 fully saturated rings. The average molecular weight is 268 g/mol. The molecule has 1 aliphatic carbocycles. The molecular weight excluding hydrogens is 248 g/mol. The maximum atomic E-state index is 12.1. The molecular formula is C13H20N2O4. The summed E-state index contributed by atoms with van der Waals surface area (Å²) in [5, 5.41) is 2.20. The number of rotatable bonds is 4. The summed E-state index contributed by atoms with van der Waals surface area (Å²) in [6.07, 6.45) is 4.69. The van der Waals surface area contributed by atoms with E-state index in [1.807, 2.05) is 0 Å². The van der Waals surface area contributed by atoms with Gasteiger partial charge in [0.2, 0.25) is 11.8 Å². The fourth-order valence-corrected chi connectivity index (χ4v) is 2.42. The van der Waals surface area contributed by atoms with Gasteiger partial charge in [0, 0.05) is 0 Å². The first-order valence-corrected chi connectivity index (χ1v) is 6.72. The first-order chi connectivity index (χ1) is 8.93. The van der Waals surface area contributed by atoms with Gasteiger partial charge in [0.15, 0.2) is 0 Å². The van der Waals surface area contributed by atoms with Crippen LogP contribution in [0.1, 0.15) is 39.5 Å². The average Bonchev–Trinajstić information content (AvgIpc) is 2.85. The van der Waals surface area contributed by atoms with Crippen LogP contribution >= 0.6 is 0 Å². The second kappa shape index (κ2) is 5.28. The van der Waals surface area contributed by atoms with Crippen molar-refractivity contribution in [1.82, 2.24) is 10.2 Å². The van der Waals surface area contributed by atoms with Gasteiger partial charge in [-0.2, -0.15) is 0 Å². The Kier molecular flexibility index (Phi) is 3.89. The number of imide groups is 2. The molecule has 6 nitrogen and oxygen atoms in total. The van der Waals surface area contributed by atoms with Gasteiger partial charge < -0.3 is 4.74 Å². The lowest BCUT2D eigenvalue weighted by molar-refractivity contribution is -0.149. The minimum absolute atomic E-state index is 0.192. The van der Waals surface area contributed by atoms with Gasteiger partial charge in [0.1, 0.15) is 5.41 Å². The number of urea groups is 1. The molecule has 2 rings (SSSR count). The van der Waals surface area contributed by atoms with Gasteiger partial charge in [0.05, 0.1) is 19.3 Å². The molecule has 19 heavy (non-hydrogen) atoms. The van der Waals surface area contributed by atoms with Gasteiger partial charge in [0.25, 0.3) is 0 Å². The van der Waals surface area contributed by atoms with Crippen LogP contribution in [0.25, 0.3) is 0 Å². The van der Waals surface area contributed by atoms with Crippen LogP contribution in [0.3, 0.4) is 0 Å². The van der Waals surface area contributed by atoms with Crippen LogP contribution in [0, 0.1) is 5.41 Å². The predicted molar refractivity (Wildman–Crippen MR) is 67.2 cm³/mol. The molecule has 0 spiro atoms. The second-order valence-electron chi connectivity index (χ2n) is 5.62. The lowest BCUT2D eigenvalue weighted by Crippen LogP contribution is -2.62. The van der Waals surface area contributed by atoms with Crippen molar-refractivity contribution in [2.75, 3.05) is 13.2 Å². The largest absolute Gasteiger partial charge is 0.376 e. The summed E-state index contributed by atoms with van der Waals surface area (Å²) in [6, 6.07) is -0.649. The monoisotopic (exact) mass is 268 g/mol. The Morgan fingerprint density at radius 3 is 2.53 bits per heavy atom. The van der Waals surface area contributed by atoms with Crippen molar-refractivity contribution in [3.05, 3.63) is 0 Å². The number of carbonyl (C=O) groups is 3. The van der Waals surface area contributed by atoms with Gasteiger partial charge in [-0.1, -0.05) is 12.8 Å². The van der Waals surface area contributed by atoms with Gasteiger partial charge in [-0.05, 0) is 26.7 Å². The van der Waals surface area contributed by atoms with E-state index in [4.69, 9.17) is 4.74 Å². The molecule has 1 aliphatic heterocycles. The molecule has 1 saturated heterocycles. The predicted octanol–water partition coefficient (Wildman–Crippen LogP) is 1.05. The standard InChI is InChI=1S/C13H20N2O4/c1-13(2)10(16)14-12(18)15(11(13)17)7-8-19-9-5-3-4-6-9/h9H,3-8H2,1-2H3,(H,14,16,18). The number of carbonyl (C=O) groups excluding carboxylic acids is 3. The van der Waals surface area contributed by atoms with E-state index >= 15 is 0 Å². The molecule has 0 aromatic carbocycles. The summed E-state index contributed by atoms with van der Waals surface area (Å²) >= 11 is 0.